The number of hydrogen-bond donors (Lipinski definition) is 1. The van der Waals surface area contributed by atoms with E-state index in [0.717, 1.165) is 18.4 Å². The first-order valence-corrected chi connectivity index (χ1v) is 8.36. The number of alkyl halides is 1. The van der Waals surface area contributed by atoms with Crippen LogP contribution in [0.3, 0.4) is 0 Å². The summed E-state index contributed by atoms with van der Waals surface area (Å²) in [6, 6.07) is 9.94. The van der Waals surface area contributed by atoms with E-state index in [4.69, 9.17) is 9.84 Å². The summed E-state index contributed by atoms with van der Waals surface area (Å²) in [5, 5.41) is 8.66. The highest BCUT2D eigenvalue weighted by atomic mass is 19.1. The topological polar surface area (TPSA) is 63.6 Å². The van der Waals surface area contributed by atoms with Crippen LogP contribution in [0.15, 0.2) is 30.3 Å². The average Bonchev–Trinajstić information content (AvgIpc) is 2.54. The van der Waals surface area contributed by atoms with Crippen molar-refractivity contribution in [3.05, 3.63) is 35.9 Å². The first kappa shape index (κ1) is 18.4. The van der Waals surface area contributed by atoms with Gasteiger partial charge in [-0.05, 0) is 29.7 Å². The van der Waals surface area contributed by atoms with Gasteiger partial charge in [0.15, 0.2) is 0 Å². The molecule has 24 heavy (non-hydrogen) atoms. The molecular formula is C19H25FO4. The van der Waals surface area contributed by atoms with Crippen molar-refractivity contribution in [1.82, 2.24) is 0 Å². The van der Waals surface area contributed by atoms with Crippen LogP contribution < -0.4 is 0 Å². The minimum atomic E-state index is -2.62. The molecule has 1 saturated carbocycles. The van der Waals surface area contributed by atoms with Gasteiger partial charge in [0.25, 0.3) is 6.17 Å². The van der Waals surface area contributed by atoms with Gasteiger partial charge >= 0.3 is 11.9 Å². The van der Waals surface area contributed by atoms with E-state index < -0.39 is 24.2 Å². The van der Waals surface area contributed by atoms with Gasteiger partial charge in [-0.25, -0.2) is 14.0 Å². The third kappa shape index (κ3) is 3.94. The van der Waals surface area contributed by atoms with E-state index in [2.05, 4.69) is 20.8 Å². The van der Waals surface area contributed by atoms with Gasteiger partial charge in [-0.1, -0.05) is 57.5 Å². The first-order chi connectivity index (χ1) is 11.2. The Morgan fingerprint density at radius 2 is 1.88 bits per heavy atom. The summed E-state index contributed by atoms with van der Waals surface area (Å²) in [6.45, 7) is 6.25. The maximum absolute atomic E-state index is 13.4. The molecule has 0 bridgehead atoms. The molecule has 1 aromatic rings. The SMILES string of the molecule is C[C@@H]1CC[C@@H](C(C)(C)c2ccccc2)[C@H](OC(=O)C(F)C(=O)O)C1. The van der Waals surface area contributed by atoms with Crippen molar-refractivity contribution in [3.63, 3.8) is 0 Å². The van der Waals surface area contributed by atoms with E-state index >= 15 is 0 Å². The number of halogens is 1. The standard InChI is InChI=1S/C19H25FO4/c1-12-9-10-14(19(2,3)13-7-5-4-6-8-13)15(11-12)24-18(23)16(20)17(21)22/h4-8,12,14-16H,9-11H2,1-3H3,(H,21,22)/t12-,14-,15-,16?/m1/s1. The molecule has 0 aromatic heterocycles. The van der Waals surface area contributed by atoms with Crippen LogP contribution in [-0.2, 0) is 19.7 Å². The predicted molar refractivity (Wildman–Crippen MR) is 88.4 cm³/mol. The lowest BCUT2D eigenvalue weighted by atomic mass is 9.64. The Hall–Kier alpha value is -1.91. The van der Waals surface area contributed by atoms with Crippen molar-refractivity contribution < 1.29 is 23.8 Å². The van der Waals surface area contributed by atoms with Gasteiger partial charge in [-0.15, -0.1) is 0 Å². The molecular weight excluding hydrogens is 311 g/mol. The number of carbonyl (C=O) groups is 2. The summed E-state index contributed by atoms with van der Waals surface area (Å²) in [5.74, 6) is -2.73. The summed E-state index contributed by atoms with van der Waals surface area (Å²) >= 11 is 0. The molecule has 132 valence electrons. The molecule has 1 unspecified atom stereocenters. The fourth-order valence-electron chi connectivity index (χ4n) is 3.68. The maximum Gasteiger partial charge on any atom is 0.352 e. The van der Waals surface area contributed by atoms with E-state index in [1.54, 1.807) is 0 Å². The van der Waals surface area contributed by atoms with Crippen molar-refractivity contribution in [2.75, 3.05) is 0 Å². The summed E-state index contributed by atoms with van der Waals surface area (Å²) in [5.41, 5.74) is 0.863. The van der Waals surface area contributed by atoms with E-state index in [9.17, 15) is 14.0 Å². The second-order valence-corrected chi connectivity index (χ2v) is 7.29. The Bertz CT molecular complexity index is 584. The van der Waals surface area contributed by atoms with Crippen molar-refractivity contribution in [2.24, 2.45) is 11.8 Å². The number of carboxylic acids is 1. The smallest absolute Gasteiger partial charge is 0.352 e. The summed E-state index contributed by atoms with van der Waals surface area (Å²) in [4.78, 5) is 22.5. The molecule has 1 aromatic carbocycles. The molecule has 0 amide bonds. The second kappa shape index (κ2) is 7.32. The molecule has 4 atom stereocenters. The van der Waals surface area contributed by atoms with Gasteiger partial charge in [0.1, 0.15) is 6.10 Å². The van der Waals surface area contributed by atoms with Crippen molar-refractivity contribution >= 4 is 11.9 Å². The van der Waals surface area contributed by atoms with Crippen LogP contribution in [0.2, 0.25) is 0 Å². The zero-order chi connectivity index (χ0) is 17.9. The van der Waals surface area contributed by atoms with Crippen molar-refractivity contribution in [3.8, 4) is 0 Å². The van der Waals surface area contributed by atoms with E-state index in [0.29, 0.717) is 12.3 Å². The molecule has 1 N–H and O–H groups in total. The maximum atomic E-state index is 13.4. The number of ether oxygens (including phenoxy) is 1. The molecule has 0 aliphatic heterocycles. The van der Waals surface area contributed by atoms with Crippen LogP contribution in [0, 0.1) is 11.8 Å². The fraction of sp³-hybridized carbons (Fsp3) is 0.579. The lowest BCUT2D eigenvalue weighted by Crippen LogP contribution is -2.45. The zero-order valence-electron chi connectivity index (χ0n) is 14.4. The van der Waals surface area contributed by atoms with Crippen molar-refractivity contribution in [2.45, 2.75) is 57.7 Å². The molecule has 2 rings (SSSR count). The van der Waals surface area contributed by atoms with Crippen LogP contribution in [0.4, 0.5) is 4.39 Å². The zero-order valence-corrected chi connectivity index (χ0v) is 14.4. The summed E-state index contributed by atoms with van der Waals surface area (Å²) in [6.07, 6.45) is -0.617. The Morgan fingerprint density at radius 3 is 2.46 bits per heavy atom. The molecule has 4 nitrogen and oxygen atoms in total. The monoisotopic (exact) mass is 336 g/mol. The highest BCUT2D eigenvalue weighted by Crippen LogP contribution is 2.43. The Labute approximate surface area is 142 Å². The summed E-state index contributed by atoms with van der Waals surface area (Å²) in [7, 11) is 0. The minimum Gasteiger partial charge on any atom is -0.479 e. The van der Waals surface area contributed by atoms with Gasteiger partial charge < -0.3 is 9.84 Å². The fourth-order valence-corrected chi connectivity index (χ4v) is 3.68. The highest BCUT2D eigenvalue weighted by molar-refractivity contribution is 5.96. The van der Waals surface area contributed by atoms with Gasteiger partial charge in [0.05, 0.1) is 0 Å². The van der Waals surface area contributed by atoms with E-state index in [-0.39, 0.29) is 11.3 Å². The minimum absolute atomic E-state index is 0.0149. The molecule has 5 heteroatoms. The Morgan fingerprint density at radius 1 is 1.25 bits per heavy atom. The highest BCUT2D eigenvalue weighted by Gasteiger charge is 2.43. The number of esters is 1. The van der Waals surface area contributed by atoms with E-state index in [1.807, 2.05) is 30.3 Å². The van der Waals surface area contributed by atoms with Gasteiger partial charge in [-0.2, -0.15) is 0 Å². The number of hydrogen-bond acceptors (Lipinski definition) is 3. The predicted octanol–water partition coefficient (Wildman–Crippen LogP) is 3.73. The number of aliphatic carboxylic acids is 1. The lowest BCUT2D eigenvalue weighted by molar-refractivity contribution is -0.169. The molecule has 1 aliphatic carbocycles. The van der Waals surface area contributed by atoms with Crippen LogP contribution in [0.5, 0.6) is 0 Å². The third-order valence-corrected chi connectivity index (χ3v) is 5.19. The number of carboxylic acid groups (broad SMARTS) is 1. The lowest BCUT2D eigenvalue weighted by Gasteiger charge is -2.44. The van der Waals surface area contributed by atoms with Gasteiger partial charge in [0.2, 0.25) is 0 Å². The number of rotatable bonds is 5. The normalized spacial score (nSPS) is 25.8. The molecule has 0 heterocycles. The van der Waals surface area contributed by atoms with Crippen molar-refractivity contribution in [1.29, 1.82) is 0 Å². The van der Waals surface area contributed by atoms with Gasteiger partial charge in [0, 0.05) is 5.92 Å². The number of benzene rings is 1. The quantitative estimate of drug-likeness (QED) is 0.657. The third-order valence-electron chi connectivity index (χ3n) is 5.19. The Balaban J connectivity index is 2.22. The van der Waals surface area contributed by atoms with Gasteiger partial charge in [-0.3, -0.25) is 0 Å². The number of carbonyl (C=O) groups excluding carboxylic acids is 1. The molecule has 0 radical (unpaired) electrons. The van der Waals surface area contributed by atoms with Crippen LogP contribution in [0.1, 0.15) is 45.6 Å². The van der Waals surface area contributed by atoms with E-state index in [1.165, 1.54) is 0 Å². The Kier molecular flexibility index (Phi) is 5.62. The summed E-state index contributed by atoms with van der Waals surface area (Å²) < 4.78 is 18.8. The van der Waals surface area contributed by atoms with Crippen LogP contribution in [-0.4, -0.2) is 29.3 Å². The molecule has 0 spiro atoms. The molecule has 0 saturated heterocycles. The largest absolute Gasteiger partial charge is 0.479 e. The average molecular weight is 336 g/mol. The molecule has 1 fully saturated rings. The first-order valence-electron chi connectivity index (χ1n) is 8.36. The second-order valence-electron chi connectivity index (χ2n) is 7.29. The van der Waals surface area contributed by atoms with Crippen LogP contribution >= 0.6 is 0 Å². The van der Waals surface area contributed by atoms with Crippen LogP contribution in [0.25, 0.3) is 0 Å². The molecule has 1 aliphatic rings.